The maximum Gasteiger partial charge on any atom is 0.246 e. The first-order valence-corrected chi connectivity index (χ1v) is 15.8. The van der Waals surface area contributed by atoms with Crippen molar-refractivity contribution >= 4 is 39.8 Å². The van der Waals surface area contributed by atoms with Gasteiger partial charge in [-0.2, -0.15) is 0 Å². The molecule has 230 valence electrons. The Morgan fingerprint density at radius 3 is 2.35 bits per heavy atom. The van der Waals surface area contributed by atoms with Gasteiger partial charge in [-0.3, -0.25) is 14.4 Å². The molecule has 0 spiro atoms. The van der Waals surface area contributed by atoms with E-state index in [0.29, 0.717) is 45.2 Å². The second-order valence-electron chi connectivity index (χ2n) is 12.3. The number of rotatable bonds is 11. The highest BCUT2D eigenvalue weighted by Gasteiger charge is 2.37. The van der Waals surface area contributed by atoms with Gasteiger partial charge < -0.3 is 25.5 Å². The van der Waals surface area contributed by atoms with E-state index in [0.717, 1.165) is 21.2 Å². The Morgan fingerprint density at radius 1 is 1.00 bits per heavy atom. The van der Waals surface area contributed by atoms with Crippen molar-refractivity contribution < 1.29 is 19.5 Å². The summed E-state index contributed by atoms with van der Waals surface area (Å²) in [6, 6.07) is 16.4. The number of piperidine rings is 1. The Hall–Kier alpha value is -3.53. The van der Waals surface area contributed by atoms with Crippen molar-refractivity contribution in [3.05, 3.63) is 82.6 Å². The van der Waals surface area contributed by atoms with E-state index in [2.05, 4.69) is 0 Å². The van der Waals surface area contributed by atoms with Gasteiger partial charge in [0.1, 0.15) is 12.1 Å². The first-order chi connectivity index (χ1) is 20.4. The minimum atomic E-state index is -0.837. The lowest BCUT2D eigenvalue weighted by molar-refractivity contribution is -0.150. The topological polar surface area (TPSA) is 107 Å². The lowest BCUT2D eigenvalue weighted by Crippen LogP contribution is -2.57. The first-order valence-electron chi connectivity index (χ1n) is 14.9. The summed E-state index contributed by atoms with van der Waals surface area (Å²) >= 11 is 1.55. The van der Waals surface area contributed by atoms with Crippen LogP contribution in [0.1, 0.15) is 43.6 Å². The number of hydrogen-bond donors (Lipinski definition) is 2. The van der Waals surface area contributed by atoms with Gasteiger partial charge in [0.15, 0.2) is 0 Å². The predicted octanol–water partition coefficient (Wildman–Crippen LogP) is 4.01. The highest BCUT2D eigenvalue weighted by molar-refractivity contribution is 7.09. The molecule has 1 aromatic heterocycles. The largest absolute Gasteiger partial charge is 0.393 e. The molecule has 1 aliphatic heterocycles. The fourth-order valence-corrected chi connectivity index (χ4v) is 6.15. The lowest BCUT2D eigenvalue weighted by atomic mass is 9.98. The van der Waals surface area contributed by atoms with Crippen molar-refractivity contribution in [3.63, 3.8) is 0 Å². The third-order valence-corrected chi connectivity index (χ3v) is 9.00. The molecule has 0 radical (unpaired) electrons. The standard InChI is InChI=1S/C34H44N4O4S/c1-34(2,35)17-7-12-31(40)36(3)29(22-24-13-14-25-9-5-6-10-26(25)21-24)32(41)37(4)30(23-28-11-8-20-43-28)33(42)38-18-15-27(39)16-19-38/h5-14,20-21,27,29-30,39H,15-19,22-23,35H2,1-4H3/b12-7+/t29-,30?/m1/s1. The quantitative estimate of drug-likeness (QED) is 0.322. The number of amides is 3. The molecule has 9 heteroatoms. The molecule has 8 nitrogen and oxygen atoms in total. The molecule has 2 atom stereocenters. The minimum Gasteiger partial charge on any atom is -0.393 e. The van der Waals surface area contributed by atoms with E-state index in [9.17, 15) is 19.5 Å². The molecule has 3 aromatic rings. The SMILES string of the molecule is CN(C(=O)[C@@H](Cc1ccc2ccccc2c1)N(C)C(=O)/C=C/CC(C)(C)N)C(Cc1cccs1)C(=O)N1CCC(O)CC1. The van der Waals surface area contributed by atoms with Gasteiger partial charge in [0.05, 0.1) is 6.10 Å². The molecule has 0 aliphatic carbocycles. The molecular formula is C34H44N4O4S. The molecule has 2 aromatic carbocycles. The number of carbonyl (C=O) groups excluding carboxylic acids is 3. The average Bonchev–Trinajstić information content (AvgIpc) is 3.50. The number of aliphatic hydroxyl groups excluding tert-OH is 1. The van der Waals surface area contributed by atoms with Crippen LogP contribution in [-0.2, 0) is 27.2 Å². The summed E-state index contributed by atoms with van der Waals surface area (Å²) < 4.78 is 0. The number of likely N-dealkylation sites (N-methyl/N-ethyl adjacent to an activating group) is 2. The average molecular weight is 605 g/mol. The van der Waals surface area contributed by atoms with Crippen LogP contribution < -0.4 is 5.73 Å². The number of hydrogen-bond acceptors (Lipinski definition) is 6. The number of nitrogens with zero attached hydrogens (tertiary/aromatic N) is 3. The number of likely N-dealkylation sites (tertiary alicyclic amines) is 1. The summed E-state index contributed by atoms with van der Waals surface area (Å²) in [6.07, 6.45) is 5.02. The van der Waals surface area contributed by atoms with Crippen molar-refractivity contribution in [3.8, 4) is 0 Å². The van der Waals surface area contributed by atoms with Gasteiger partial charge in [-0.25, -0.2) is 0 Å². The zero-order valence-corrected chi connectivity index (χ0v) is 26.4. The van der Waals surface area contributed by atoms with Crippen molar-refractivity contribution in [2.45, 2.75) is 69.7 Å². The van der Waals surface area contributed by atoms with Crippen LogP contribution in [0.2, 0.25) is 0 Å². The maximum absolute atomic E-state index is 14.4. The number of carbonyl (C=O) groups is 3. The highest BCUT2D eigenvalue weighted by Crippen LogP contribution is 2.22. The molecule has 1 fully saturated rings. The third-order valence-electron chi connectivity index (χ3n) is 8.10. The maximum atomic E-state index is 14.4. The van der Waals surface area contributed by atoms with E-state index in [1.807, 2.05) is 73.8 Å². The summed E-state index contributed by atoms with van der Waals surface area (Å²) in [5.74, 6) is -0.744. The second-order valence-corrected chi connectivity index (χ2v) is 13.3. The zero-order chi connectivity index (χ0) is 31.1. The predicted molar refractivity (Wildman–Crippen MR) is 173 cm³/mol. The van der Waals surface area contributed by atoms with Crippen LogP contribution in [0.15, 0.2) is 72.1 Å². The summed E-state index contributed by atoms with van der Waals surface area (Å²) in [4.78, 5) is 47.4. The third kappa shape index (κ3) is 8.75. The van der Waals surface area contributed by atoms with Crippen LogP contribution in [0.4, 0.5) is 0 Å². The molecule has 2 heterocycles. The van der Waals surface area contributed by atoms with E-state index in [4.69, 9.17) is 5.73 Å². The smallest absolute Gasteiger partial charge is 0.246 e. The molecule has 43 heavy (non-hydrogen) atoms. The zero-order valence-electron chi connectivity index (χ0n) is 25.6. The van der Waals surface area contributed by atoms with Crippen molar-refractivity contribution in [2.75, 3.05) is 27.2 Å². The summed E-state index contributed by atoms with van der Waals surface area (Å²) in [5.41, 5.74) is 6.55. The van der Waals surface area contributed by atoms with Crippen LogP contribution in [0.3, 0.4) is 0 Å². The number of nitrogens with two attached hydrogens (primary N) is 1. The second kappa shape index (κ2) is 14.3. The van der Waals surface area contributed by atoms with Crippen molar-refractivity contribution in [1.29, 1.82) is 0 Å². The van der Waals surface area contributed by atoms with Gasteiger partial charge in [-0.05, 0) is 67.0 Å². The number of aliphatic hydroxyl groups is 1. The Morgan fingerprint density at radius 2 is 1.70 bits per heavy atom. The van der Waals surface area contributed by atoms with Crippen LogP contribution in [0.5, 0.6) is 0 Å². The Kier molecular flexibility index (Phi) is 10.8. The van der Waals surface area contributed by atoms with Gasteiger partial charge in [0.2, 0.25) is 17.7 Å². The highest BCUT2D eigenvalue weighted by atomic mass is 32.1. The number of thiophene rings is 1. The van der Waals surface area contributed by atoms with Crippen LogP contribution >= 0.6 is 11.3 Å². The van der Waals surface area contributed by atoms with Gasteiger partial charge in [0.25, 0.3) is 0 Å². The summed E-state index contributed by atoms with van der Waals surface area (Å²) in [5, 5.41) is 14.1. The first kappa shape index (κ1) is 32.4. The van der Waals surface area contributed by atoms with Crippen LogP contribution in [0, 0.1) is 0 Å². The summed E-state index contributed by atoms with van der Waals surface area (Å²) in [7, 11) is 3.30. The minimum absolute atomic E-state index is 0.139. The van der Waals surface area contributed by atoms with Gasteiger partial charge >= 0.3 is 0 Å². The molecule has 1 saturated heterocycles. The molecule has 1 aliphatic rings. The lowest BCUT2D eigenvalue weighted by Gasteiger charge is -2.38. The molecule has 1 unspecified atom stereocenters. The molecule has 3 amide bonds. The van der Waals surface area contributed by atoms with Crippen molar-refractivity contribution in [1.82, 2.24) is 14.7 Å². The number of fused-ring (bicyclic) bond motifs is 1. The van der Waals surface area contributed by atoms with Crippen LogP contribution in [0.25, 0.3) is 10.8 Å². The van der Waals surface area contributed by atoms with Gasteiger partial charge in [-0.15, -0.1) is 11.3 Å². The number of benzene rings is 2. The molecular weight excluding hydrogens is 560 g/mol. The monoisotopic (exact) mass is 604 g/mol. The fraction of sp³-hybridized carbons (Fsp3) is 0.441. The molecule has 0 bridgehead atoms. The molecule has 4 rings (SSSR count). The summed E-state index contributed by atoms with van der Waals surface area (Å²) in [6.45, 7) is 4.68. The van der Waals surface area contributed by atoms with E-state index in [-0.39, 0.29) is 17.7 Å². The molecule has 0 saturated carbocycles. The van der Waals surface area contributed by atoms with E-state index in [1.165, 1.54) is 15.9 Å². The van der Waals surface area contributed by atoms with Crippen LogP contribution in [-0.4, -0.2) is 88.4 Å². The van der Waals surface area contributed by atoms with Crippen molar-refractivity contribution in [2.24, 2.45) is 5.73 Å². The normalized spacial score (nSPS) is 15.9. The Labute approximate surface area is 258 Å². The Bertz CT molecular complexity index is 1420. The van der Waals surface area contributed by atoms with Gasteiger partial charge in [0, 0.05) is 50.4 Å². The Balaban J connectivity index is 1.64. The van der Waals surface area contributed by atoms with E-state index >= 15 is 0 Å². The van der Waals surface area contributed by atoms with E-state index < -0.39 is 23.7 Å². The fourth-order valence-electron chi connectivity index (χ4n) is 5.41. The van der Waals surface area contributed by atoms with Gasteiger partial charge in [-0.1, -0.05) is 54.6 Å². The van der Waals surface area contributed by atoms with E-state index in [1.54, 1.807) is 36.4 Å². The molecule has 3 N–H and O–H groups in total.